The van der Waals surface area contributed by atoms with E-state index in [-0.39, 0.29) is 35.8 Å². The average Bonchev–Trinajstić information content (AvgIpc) is 3.28. The fourth-order valence-corrected chi connectivity index (χ4v) is 7.87. The number of amides is 1. The van der Waals surface area contributed by atoms with Crippen molar-refractivity contribution >= 4 is 43.2 Å². The van der Waals surface area contributed by atoms with E-state index >= 15 is 0 Å². The van der Waals surface area contributed by atoms with E-state index in [1.807, 2.05) is 31.2 Å². The van der Waals surface area contributed by atoms with Gasteiger partial charge >= 0.3 is 0 Å². The summed E-state index contributed by atoms with van der Waals surface area (Å²) >= 11 is 1.18. The Hall–Kier alpha value is -2.96. The summed E-state index contributed by atoms with van der Waals surface area (Å²) in [7, 11) is -2.35. The number of piperazine rings is 1. The minimum absolute atomic E-state index is 0.000807. The van der Waals surface area contributed by atoms with Gasteiger partial charge in [0.2, 0.25) is 15.9 Å². The summed E-state index contributed by atoms with van der Waals surface area (Å²) in [5.74, 6) is 0.550. The first kappa shape index (κ1) is 28.1. The number of benzene rings is 1. The van der Waals surface area contributed by atoms with Gasteiger partial charge in [0, 0.05) is 44.1 Å². The van der Waals surface area contributed by atoms with E-state index in [0.29, 0.717) is 35.9 Å². The number of aryl methyl sites for hydroxylation is 1. The van der Waals surface area contributed by atoms with E-state index in [1.165, 1.54) is 26.5 Å². The Morgan fingerprint density at radius 2 is 1.87 bits per heavy atom. The minimum atomic E-state index is -3.96. The van der Waals surface area contributed by atoms with Gasteiger partial charge in [-0.15, -0.1) is 11.3 Å². The summed E-state index contributed by atoms with van der Waals surface area (Å²) in [5, 5.41) is 0.0616. The Bertz CT molecular complexity index is 1460. The highest BCUT2D eigenvalue weighted by Crippen LogP contribution is 2.34. The van der Waals surface area contributed by atoms with E-state index < -0.39 is 15.6 Å². The predicted octanol–water partition coefficient (Wildman–Crippen LogP) is 2.93. The summed E-state index contributed by atoms with van der Waals surface area (Å²) in [5.41, 5.74) is 0.409. The van der Waals surface area contributed by atoms with E-state index in [2.05, 4.69) is 16.8 Å². The van der Waals surface area contributed by atoms with Gasteiger partial charge in [0.05, 0.1) is 24.5 Å². The van der Waals surface area contributed by atoms with Crippen LogP contribution in [0.25, 0.3) is 10.2 Å². The standard InChI is InChI=1S/C26H35N5O5S2/c1-5-7-12-28(6-2)22(32)17-30-18-27-25-23(26(30)33)24(19(3)37-25)38(34,35)31-15-13-29(14-16-31)20-10-8-9-11-21(20)36-4/h8-11,18H,5-7,12-17H2,1-4H3. The molecule has 3 heterocycles. The molecule has 0 N–H and O–H groups in total. The van der Waals surface area contributed by atoms with Crippen molar-refractivity contribution < 1.29 is 17.9 Å². The lowest BCUT2D eigenvalue weighted by Gasteiger charge is -2.35. The minimum Gasteiger partial charge on any atom is -0.495 e. The molecule has 0 bridgehead atoms. The molecule has 0 spiro atoms. The second-order valence-electron chi connectivity index (χ2n) is 9.24. The number of hydrogen-bond acceptors (Lipinski definition) is 8. The van der Waals surface area contributed by atoms with Crippen molar-refractivity contribution in [3.63, 3.8) is 0 Å². The summed E-state index contributed by atoms with van der Waals surface area (Å²) < 4.78 is 35.8. The Morgan fingerprint density at radius 1 is 1.16 bits per heavy atom. The molecule has 1 fully saturated rings. The van der Waals surface area contributed by atoms with Crippen LogP contribution in [0.15, 0.2) is 40.3 Å². The van der Waals surface area contributed by atoms with Crippen LogP contribution in [-0.4, -0.2) is 79.5 Å². The van der Waals surface area contributed by atoms with Crippen molar-refractivity contribution in [3.05, 3.63) is 45.8 Å². The van der Waals surface area contributed by atoms with Crippen LogP contribution in [0.4, 0.5) is 5.69 Å². The molecular formula is C26H35N5O5S2. The Balaban J connectivity index is 1.61. The van der Waals surface area contributed by atoms with E-state index in [0.717, 1.165) is 24.3 Å². The normalized spacial score (nSPS) is 14.7. The van der Waals surface area contributed by atoms with Crippen LogP contribution in [-0.2, 0) is 21.4 Å². The summed E-state index contributed by atoms with van der Waals surface area (Å²) in [4.78, 5) is 35.4. The summed E-state index contributed by atoms with van der Waals surface area (Å²) in [6.45, 7) is 8.16. The van der Waals surface area contributed by atoms with Crippen LogP contribution in [0.3, 0.4) is 0 Å². The van der Waals surface area contributed by atoms with Gasteiger partial charge in [0.1, 0.15) is 22.0 Å². The van der Waals surface area contributed by atoms with Gasteiger partial charge in [0.25, 0.3) is 5.56 Å². The Morgan fingerprint density at radius 3 is 2.53 bits per heavy atom. The summed E-state index contributed by atoms with van der Waals surface area (Å²) in [6.07, 6.45) is 3.18. The largest absolute Gasteiger partial charge is 0.495 e. The molecule has 12 heteroatoms. The molecule has 1 saturated heterocycles. The van der Waals surface area contributed by atoms with Crippen molar-refractivity contribution in [2.24, 2.45) is 0 Å². The molecule has 0 aliphatic carbocycles. The average molecular weight is 562 g/mol. The number of thiophene rings is 1. The number of likely N-dealkylation sites (N-methyl/N-ethyl adjacent to an activating group) is 1. The molecule has 0 unspecified atom stereocenters. The van der Waals surface area contributed by atoms with Crippen LogP contribution in [0, 0.1) is 6.92 Å². The first-order valence-corrected chi connectivity index (χ1v) is 15.1. The molecule has 2 aromatic heterocycles. The molecule has 1 aliphatic heterocycles. The number of carbonyl (C=O) groups is 1. The lowest BCUT2D eigenvalue weighted by Crippen LogP contribution is -2.49. The number of fused-ring (bicyclic) bond motifs is 1. The zero-order valence-corrected chi connectivity index (χ0v) is 24.0. The lowest BCUT2D eigenvalue weighted by molar-refractivity contribution is -0.131. The molecule has 1 aliphatic rings. The van der Waals surface area contributed by atoms with Gasteiger partial charge in [-0.05, 0) is 32.4 Å². The van der Waals surface area contributed by atoms with Crippen LogP contribution in [0.2, 0.25) is 0 Å². The van der Waals surface area contributed by atoms with E-state index in [9.17, 15) is 18.0 Å². The predicted molar refractivity (Wildman–Crippen MR) is 150 cm³/mol. The molecule has 0 atom stereocenters. The SMILES string of the molecule is CCCCN(CC)C(=O)Cn1cnc2sc(C)c(S(=O)(=O)N3CCN(c4ccccc4OC)CC3)c2c1=O. The third-order valence-corrected chi connectivity index (χ3v) is 10.1. The number of sulfonamides is 1. The second kappa shape index (κ2) is 11.8. The molecule has 3 aromatic rings. The first-order chi connectivity index (χ1) is 18.2. The van der Waals surface area contributed by atoms with Crippen molar-refractivity contribution in [2.45, 2.75) is 45.1 Å². The molecule has 10 nitrogen and oxygen atoms in total. The maximum Gasteiger partial charge on any atom is 0.263 e. The molecule has 206 valence electrons. The number of hydrogen-bond donors (Lipinski definition) is 0. The van der Waals surface area contributed by atoms with Gasteiger partial charge < -0.3 is 14.5 Å². The van der Waals surface area contributed by atoms with Crippen molar-refractivity contribution in [1.82, 2.24) is 18.8 Å². The number of rotatable bonds is 10. The Labute approximate surface area is 227 Å². The van der Waals surface area contributed by atoms with Gasteiger partial charge in [-0.2, -0.15) is 4.31 Å². The van der Waals surface area contributed by atoms with Gasteiger partial charge in [-0.3, -0.25) is 14.2 Å². The number of anilines is 1. The fraction of sp³-hybridized carbons (Fsp3) is 0.500. The third-order valence-electron chi connectivity index (χ3n) is 6.88. The highest BCUT2D eigenvalue weighted by atomic mass is 32.2. The molecule has 1 amide bonds. The van der Waals surface area contributed by atoms with E-state index in [4.69, 9.17) is 4.74 Å². The Kier molecular flexibility index (Phi) is 8.74. The summed E-state index contributed by atoms with van der Waals surface area (Å²) in [6, 6.07) is 7.66. The monoisotopic (exact) mass is 561 g/mol. The van der Waals surface area contributed by atoms with Gasteiger partial charge in [-0.25, -0.2) is 13.4 Å². The fourth-order valence-electron chi connectivity index (χ4n) is 4.78. The van der Waals surface area contributed by atoms with Crippen molar-refractivity contribution in [2.75, 3.05) is 51.3 Å². The number of aromatic nitrogens is 2. The van der Waals surface area contributed by atoms with E-state index in [1.54, 1.807) is 18.9 Å². The van der Waals surface area contributed by atoms with Crippen LogP contribution in [0.5, 0.6) is 5.75 Å². The number of nitrogens with zero attached hydrogens (tertiary/aromatic N) is 5. The number of ether oxygens (including phenoxy) is 1. The first-order valence-electron chi connectivity index (χ1n) is 12.9. The number of methoxy groups -OCH3 is 1. The molecule has 0 radical (unpaired) electrons. The number of unbranched alkanes of at least 4 members (excludes halogenated alkanes) is 1. The smallest absolute Gasteiger partial charge is 0.263 e. The zero-order chi connectivity index (χ0) is 27.4. The van der Waals surface area contributed by atoms with Crippen LogP contribution < -0.4 is 15.2 Å². The van der Waals surface area contributed by atoms with Crippen molar-refractivity contribution in [1.29, 1.82) is 0 Å². The molecule has 1 aromatic carbocycles. The molecule has 0 saturated carbocycles. The van der Waals surface area contributed by atoms with Crippen LogP contribution >= 0.6 is 11.3 Å². The number of para-hydroxylation sites is 2. The zero-order valence-electron chi connectivity index (χ0n) is 22.3. The second-order valence-corrected chi connectivity index (χ2v) is 12.3. The van der Waals surface area contributed by atoms with Crippen molar-refractivity contribution in [3.8, 4) is 5.75 Å². The number of carbonyl (C=O) groups excluding carboxylic acids is 1. The van der Waals surface area contributed by atoms with Crippen LogP contribution in [0.1, 0.15) is 31.6 Å². The molecule has 4 rings (SSSR count). The van der Waals surface area contributed by atoms with Gasteiger partial charge in [-0.1, -0.05) is 25.5 Å². The maximum absolute atomic E-state index is 13.8. The highest BCUT2D eigenvalue weighted by Gasteiger charge is 2.34. The quantitative estimate of drug-likeness (QED) is 0.375. The topological polar surface area (TPSA) is 105 Å². The maximum atomic E-state index is 13.8. The molecular weight excluding hydrogens is 526 g/mol. The highest BCUT2D eigenvalue weighted by molar-refractivity contribution is 7.89. The van der Waals surface area contributed by atoms with Gasteiger partial charge in [0.15, 0.2) is 0 Å². The molecule has 38 heavy (non-hydrogen) atoms. The third kappa shape index (κ3) is 5.43. The lowest BCUT2D eigenvalue weighted by atomic mass is 10.2.